The van der Waals surface area contributed by atoms with Gasteiger partial charge in [0, 0.05) is 12.5 Å². The van der Waals surface area contributed by atoms with Gasteiger partial charge in [-0.1, -0.05) is 6.08 Å². The summed E-state index contributed by atoms with van der Waals surface area (Å²) in [6, 6.07) is 0. The number of carbonyl (C=O) groups excluding carboxylic acids is 1. The first-order valence-electron chi connectivity index (χ1n) is 3.17. The van der Waals surface area contributed by atoms with E-state index in [2.05, 4.69) is 0 Å². The van der Waals surface area contributed by atoms with Crippen LogP contribution in [0.15, 0.2) is 23.4 Å². The fourth-order valence-electron chi connectivity index (χ4n) is 0.868. The van der Waals surface area contributed by atoms with Gasteiger partial charge in [-0.05, 0) is 12.5 Å². The molecule has 0 heterocycles. The summed E-state index contributed by atoms with van der Waals surface area (Å²) in [6.07, 6.45) is 3.12. The van der Waals surface area contributed by atoms with Crippen LogP contribution in [0.25, 0.3) is 0 Å². The van der Waals surface area contributed by atoms with Crippen molar-refractivity contribution in [3.63, 3.8) is 0 Å². The lowest BCUT2D eigenvalue weighted by Crippen LogP contribution is -2.13. The number of rotatable bonds is 1. The first-order chi connectivity index (χ1) is 5.11. The van der Waals surface area contributed by atoms with Gasteiger partial charge in [0.2, 0.25) is 5.78 Å². The standard InChI is InChI=1S/C7H7NO3/c1-5-2-3-7(9)6(4-5)8(10)11/h2,4H,3H2,1H3. The quantitative estimate of drug-likeness (QED) is 0.418. The molecular weight excluding hydrogens is 146 g/mol. The number of carbonyl (C=O) groups is 1. The highest BCUT2D eigenvalue weighted by molar-refractivity contribution is 5.95. The third-order valence-electron chi connectivity index (χ3n) is 1.46. The molecule has 4 heteroatoms. The van der Waals surface area contributed by atoms with Gasteiger partial charge in [0.25, 0.3) is 0 Å². The molecule has 0 bridgehead atoms. The SMILES string of the molecule is CC1=CCC(=O)C([N+](=O)[O-])=C1. The van der Waals surface area contributed by atoms with Crippen LogP contribution >= 0.6 is 0 Å². The molecule has 4 nitrogen and oxygen atoms in total. The van der Waals surface area contributed by atoms with Crippen LogP contribution in [-0.4, -0.2) is 10.7 Å². The molecule has 0 aliphatic heterocycles. The Kier molecular flexibility index (Phi) is 1.85. The largest absolute Gasteiger partial charge is 0.312 e. The van der Waals surface area contributed by atoms with Gasteiger partial charge >= 0.3 is 5.70 Å². The summed E-state index contributed by atoms with van der Waals surface area (Å²) in [6.45, 7) is 1.73. The Morgan fingerprint density at radius 1 is 1.64 bits per heavy atom. The van der Waals surface area contributed by atoms with E-state index in [0.717, 1.165) is 5.57 Å². The molecule has 1 aliphatic carbocycles. The van der Waals surface area contributed by atoms with E-state index in [1.165, 1.54) is 6.08 Å². The lowest BCUT2D eigenvalue weighted by molar-refractivity contribution is -0.418. The molecule has 0 amide bonds. The molecule has 0 fully saturated rings. The third kappa shape index (κ3) is 1.52. The Hall–Kier alpha value is -1.45. The number of hydrogen-bond acceptors (Lipinski definition) is 3. The zero-order valence-corrected chi connectivity index (χ0v) is 6.03. The van der Waals surface area contributed by atoms with E-state index in [4.69, 9.17) is 0 Å². The minimum absolute atomic E-state index is 0.151. The van der Waals surface area contributed by atoms with Gasteiger partial charge < -0.3 is 0 Å². The van der Waals surface area contributed by atoms with Gasteiger partial charge in [0.15, 0.2) is 0 Å². The molecule has 0 aromatic rings. The molecule has 11 heavy (non-hydrogen) atoms. The fourth-order valence-corrected chi connectivity index (χ4v) is 0.868. The van der Waals surface area contributed by atoms with E-state index >= 15 is 0 Å². The number of hydrogen-bond donors (Lipinski definition) is 0. The van der Waals surface area contributed by atoms with Crippen LogP contribution < -0.4 is 0 Å². The van der Waals surface area contributed by atoms with Crippen LogP contribution in [-0.2, 0) is 4.79 Å². The predicted molar refractivity (Wildman–Crippen MR) is 38.5 cm³/mol. The summed E-state index contributed by atoms with van der Waals surface area (Å²) in [5.74, 6) is -0.416. The van der Waals surface area contributed by atoms with Crippen LogP contribution in [0.3, 0.4) is 0 Å². The lowest BCUT2D eigenvalue weighted by atomic mass is 10.1. The highest BCUT2D eigenvalue weighted by Crippen LogP contribution is 2.13. The van der Waals surface area contributed by atoms with E-state index < -0.39 is 10.7 Å². The van der Waals surface area contributed by atoms with Crippen LogP contribution in [0.2, 0.25) is 0 Å². The van der Waals surface area contributed by atoms with Crippen molar-refractivity contribution in [2.45, 2.75) is 13.3 Å². The van der Waals surface area contributed by atoms with Crippen LogP contribution in [0.4, 0.5) is 0 Å². The Morgan fingerprint density at radius 3 is 2.73 bits per heavy atom. The summed E-state index contributed by atoms with van der Waals surface area (Å²) in [7, 11) is 0. The molecule has 0 spiro atoms. The topological polar surface area (TPSA) is 60.2 Å². The maximum Gasteiger partial charge on any atom is 0.312 e. The van der Waals surface area contributed by atoms with E-state index in [9.17, 15) is 14.9 Å². The van der Waals surface area contributed by atoms with Gasteiger partial charge in [-0.25, -0.2) is 0 Å². The van der Waals surface area contributed by atoms with Crippen molar-refractivity contribution < 1.29 is 9.72 Å². The summed E-state index contributed by atoms with van der Waals surface area (Å²) in [5, 5.41) is 10.2. The second kappa shape index (κ2) is 2.65. The maximum atomic E-state index is 10.8. The number of Topliss-reactive ketones (excluding diaryl/α,β-unsaturated/α-hetero) is 1. The van der Waals surface area contributed by atoms with Crippen molar-refractivity contribution >= 4 is 5.78 Å². The van der Waals surface area contributed by atoms with Gasteiger partial charge in [0.1, 0.15) is 0 Å². The average Bonchev–Trinajstić information content (AvgIpc) is 1.94. The van der Waals surface area contributed by atoms with E-state index in [0.29, 0.717) is 0 Å². The van der Waals surface area contributed by atoms with E-state index in [-0.39, 0.29) is 12.1 Å². The molecule has 58 valence electrons. The monoisotopic (exact) mass is 153 g/mol. The second-order valence-electron chi connectivity index (χ2n) is 2.36. The highest BCUT2D eigenvalue weighted by atomic mass is 16.6. The Bertz CT molecular complexity index is 275. The normalized spacial score (nSPS) is 17.4. The van der Waals surface area contributed by atoms with Crippen LogP contribution in [0.5, 0.6) is 0 Å². The van der Waals surface area contributed by atoms with Crippen molar-refractivity contribution in [1.29, 1.82) is 0 Å². The van der Waals surface area contributed by atoms with Gasteiger partial charge in [0.05, 0.1) is 4.92 Å². The molecule has 1 rings (SSSR count). The first kappa shape index (κ1) is 7.65. The number of ketones is 1. The van der Waals surface area contributed by atoms with Crippen molar-refractivity contribution in [2.24, 2.45) is 0 Å². The minimum Gasteiger partial charge on any atom is -0.287 e. The Balaban J connectivity index is 2.99. The van der Waals surface area contributed by atoms with Crippen molar-refractivity contribution in [3.05, 3.63) is 33.5 Å². The molecule has 0 N–H and O–H groups in total. The summed E-state index contributed by atoms with van der Waals surface area (Å²) in [5.41, 5.74) is 0.473. The summed E-state index contributed by atoms with van der Waals surface area (Å²) in [4.78, 5) is 20.4. The molecule has 0 unspecified atom stereocenters. The van der Waals surface area contributed by atoms with Crippen LogP contribution in [0, 0.1) is 10.1 Å². The molecule has 1 aliphatic rings. The molecule has 0 radical (unpaired) electrons. The fraction of sp³-hybridized carbons (Fsp3) is 0.286. The van der Waals surface area contributed by atoms with Crippen molar-refractivity contribution in [2.75, 3.05) is 0 Å². The second-order valence-corrected chi connectivity index (χ2v) is 2.36. The number of nitro groups is 1. The Labute approximate surface area is 63.4 Å². The first-order valence-corrected chi connectivity index (χ1v) is 3.17. The minimum atomic E-state index is -0.640. The molecule has 0 atom stereocenters. The summed E-state index contributed by atoms with van der Waals surface area (Å²) < 4.78 is 0. The molecule has 0 saturated heterocycles. The Morgan fingerprint density at radius 2 is 2.27 bits per heavy atom. The van der Waals surface area contributed by atoms with Gasteiger partial charge in [-0.3, -0.25) is 14.9 Å². The van der Waals surface area contributed by atoms with Gasteiger partial charge in [-0.2, -0.15) is 0 Å². The molecule has 0 saturated carbocycles. The van der Waals surface area contributed by atoms with E-state index in [1.807, 2.05) is 0 Å². The highest BCUT2D eigenvalue weighted by Gasteiger charge is 2.22. The predicted octanol–water partition coefficient (Wildman–Crippen LogP) is 1.07. The van der Waals surface area contributed by atoms with Crippen molar-refractivity contribution in [3.8, 4) is 0 Å². The molecular formula is C7H7NO3. The average molecular weight is 153 g/mol. The zero-order chi connectivity index (χ0) is 8.43. The molecule has 0 aromatic heterocycles. The number of nitrogens with zero attached hydrogens (tertiary/aromatic N) is 1. The zero-order valence-electron chi connectivity index (χ0n) is 6.03. The van der Waals surface area contributed by atoms with Gasteiger partial charge in [-0.15, -0.1) is 0 Å². The van der Waals surface area contributed by atoms with Crippen LogP contribution in [0.1, 0.15) is 13.3 Å². The molecule has 0 aromatic carbocycles. The maximum absolute atomic E-state index is 10.8. The number of allylic oxidation sites excluding steroid dienone is 4. The lowest BCUT2D eigenvalue weighted by Gasteiger charge is -2.01. The van der Waals surface area contributed by atoms with E-state index in [1.54, 1.807) is 13.0 Å². The third-order valence-corrected chi connectivity index (χ3v) is 1.46. The smallest absolute Gasteiger partial charge is 0.287 e. The summed E-state index contributed by atoms with van der Waals surface area (Å²) >= 11 is 0. The van der Waals surface area contributed by atoms with Crippen molar-refractivity contribution in [1.82, 2.24) is 0 Å².